The number of alkyl halides is 3. The Morgan fingerprint density at radius 3 is 2.25 bits per heavy atom. The molecule has 1 N–H and O–H groups in total. The summed E-state index contributed by atoms with van der Waals surface area (Å²) in [4.78, 5) is 21.4. The van der Waals surface area contributed by atoms with Gasteiger partial charge in [0.15, 0.2) is 0 Å². The van der Waals surface area contributed by atoms with E-state index in [-0.39, 0.29) is 11.3 Å². The maximum atomic E-state index is 11.9. The molecule has 0 saturated heterocycles. The summed E-state index contributed by atoms with van der Waals surface area (Å²) >= 11 is 5.13. The topological polar surface area (TPSA) is 46.2 Å². The van der Waals surface area contributed by atoms with Crippen LogP contribution in [0, 0.1) is 0 Å². The summed E-state index contributed by atoms with van der Waals surface area (Å²) < 4.78 is 35.8. The second-order valence-corrected chi connectivity index (χ2v) is 3.11. The molecule has 0 atom stereocenters. The Hall–Kier alpha value is -1.56. The molecule has 0 bridgehead atoms. The molecule has 1 rings (SSSR count). The van der Waals surface area contributed by atoms with Crippen molar-refractivity contribution in [2.45, 2.75) is 6.18 Å². The summed E-state index contributed by atoms with van der Waals surface area (Å²) in [6.45, 7) is 0. The van der Waals surface area contributed by atoms with Crippen LogP contribution < -0.4 is 5.32 Å². The molecule has 7 heteroatoms. The van der Waals surface area contributed by atoms with Gasteiger partial charge in [-0.25, -0.2) is 0 Å². The predicted octanol–water partition coefficient (Wildman–Crippen LogP) is 2.57. The van der Waals surface area contributed by atoms with Gasteiger partial charge in [0, 0.05) is 0 Å². The van der Waals surface area contributed by atoms with Crippen LogP contribution in [0.4, 0.5) is 18.9 Å². The zero-order chi connectivity index (χ0) is 12.3. The number of halogens is 4. The highest BCUT2D eigenvalue weighted by molar-refractivity contribution is 6.68. The molecule has 16 heavy (non-hydrogen) atoms. The zero-order valence-corrected chi connectivity index (χ0v) is 8.39. The van der Waals surface area contributed by atoms with E-state index in [9.17, 15) is 22.8 Å². The molecule has 0 saturated carbocycles. The van der Waals surface area contributed by atoms with E-state index in [4.69, 9.17) is 11.6 Å². The number of hydrogen-bond acceptors (Lipinski definition) is 2. The third-order valence-corrected chi connectivity index (χ3v) is 1.85. The van der Waals surface area contributed by atoms with Crippen molar-refractivity contribution in [2.24, 2.45) is 0 Å². The Kier molecular flexibility index (Phi) is 3.54. The molecule has 0 aliphatic heterocycles. The highest BCUT2D eigenvalue weighted by atomic mass is 35.5. The molecular weight excluding hydrogens is 247 g/mol. The van der Waals surface area contributed by atoms with E-state index in [1.54, 1.807) is 5.32 Å². The zero-order valence-electron chi connectivity index (χ0n) is 7.64. The van der Waals surface area contributed by atoms with Gasteiger partial charge in [0.25, 0.3) is 5.24 Å². The Morgan fingerprint density at radius 2 is 1.75 bits per heavy atom. The first-order valence-electron chi connectivity index (χ1n) is 3.99. The van der Waals surface area contributed by atoms with Gasteiger partial charge in [-0.05, 0) is 23.7 Å². The Labute approximate surface area is 93.2 Å². The van der Waals surface area contributed by atoms with E-state index in [1.807, 2.05) is 0 Å². The Bertz CT molecular complexity index is 431. The summed E-state index contributed by atoms with van der Waals surface area (Å²) in [7, 11) is 0. The van der Waals surface area contributed by atoms with Crippen molar-refractivity contribution in [3.05, 3.63) is 29.8 Å². The van der Waals surface area contributed by atoms with Crippen molar-refractivity contribution in [1.29, 1.82) is 0 Å². The van der Waals surface area contributed by atoms with E-state index >= 15 is 0 Å². The second kappa shape index (κ2) is 4.52. The number of amides is 1. The van der Waals surface area contributed by atoms with Crippen LogP contribution in [0.15, 0.2) is 24.3 Å². The Morgan fingerprint density at radius 1 is 1.19 bits per heavy atom. The number of para-hydroxylation sites is 1. The maximum Gasteiger partial charge on any atom is 0.471 e. The van der Waals surface area contributed by atoms with Gasteiger partial charge in [-0.1, -0.05) is 12.1 Å². The fourth-order valence-corrected chi connectivity index (χ4v) is 1.12. The molecule has 0 fully saturated rings. The lowest BCUT2D eigenvalue weighted by molar-refractivity contribution is -0.167. The van der Waals surface area contributed by atoms with Gasteiger partial charge in [-0.2, -0.15) is 13.2 Å². The van der Waals surface area contributed by atoms with Crippen molar-refractivity contribution in [3.63, 3.8) is 0 Å². The molecule has 86 valence electrons. The minimum absolute atomic E-state index is 0.193. The average Bonchev–Trinajstić information content (AvgIpc) is 2.16. The van der Waals surface area contributed by atoms with Crippen molar-refractivity contribution < 1.29 is 22.8 Å². The maximum absolute atomic E-state index is 11.9. The molecule has 0 spiro atoms. The number of nitrogens with one attached hydrogen (secondary N) is 1. The number of hydrogen-bond donors (Lipinski definition) is 1. The van der Waals surface area contributed by atoms with Crippen LogP contribution in [0.25, 0.3) is 0 Å². The molecule has 0 aromatic heterocycles. The molecule has 0 aliphatic carbocycles. The van der Waals surface area contributed by atoms with Gasteiger partial charge in [0.05, 0.1) is 11.3 Å². The number of benzene rings is 1. The fraction of sp³-hybridized carbons (Fsp3) is 0.111. The third kappa shape index (κ3) is 2.96. The molecule has 0 radical (unpaired) electrons. The number of rotatable bonds is 2. The molecular formula is C9H5ClF3NO2. The van der Waals surface area contributed by atoms with Crippen LogP contribution >= 0.6 is 11.6 Å². The first-order valence-corrected chi connectivity index (χ1v) is 4.37. The van der Waals surface area contributed by atoms with Gasteiger partial charge < -0.3 is 5.32 Å². The van der Waals surface area contributed by atoms with E-state index in [2.05, 4.69) is 0 Å². The van der Waals surface area contributed by atoms with Crippen LogP contribution in [-0.4, -0.2) is 17.3 Å². The second-order valence-electron chi connectivity index (χ2n) is 2.77. The van der Waals surface area contributed by atoms with Crippen LogP contribution in [0.1, 0.15) is 10.4 Å². The first kappa shape index (κ1) is 12.5. The fourth-order valence-electron chi connectivity index (χ4n) is 0.957. The first-order chi connectivity index (χ1) is 7.32. The van der Waals surface area contributed by atoms with Gasteiger partial charge in [0.1, 0.15) is 0 Å². The predicted molar refractivity (Wildman–Crippen MR) is 51.3 cm³/mol. The van der Waals surface area contributed by atoms with E-state index in [1.165, 1.54) is 18.2 Å². The molecule has 1 amide bonds. The summed E-state index contributed by atoms with van der Waals surface area (Å²) in [5, 5.41) is 0.616. The van der Waals surface area contributed by atoms with Crippen LogP contribution in [-0.2, 0) is 4.79 Å². The number of carbonyl (C=O) groups is 2. The quantitative estimate of drug-likeness (QED) is 0.821. The van der Waals surface area contributed by atoms with Crippen molar-refractivity contribution in [3.8, 4) is 0 Å². The molecule has 0 unspecified atom stereocenters. The highest BCUT2D eigenvalue weighted by Gasteiger charge is 2.39. The number of carbonyl (C=O) groups excluding carboxylic acids is 2. The highest BCUT2D eigenvalue weighted by Crippen LogP contribution is 2.21. The summed E-state index contributed by atoms with van der Waals surface area (Å²) in [5.41, 5.74) is -0.466. The molecule has 1 aromatic rings. The van der Waals surface area contributed by atoms with Crippen LogP contribution in [0.5, 0.6) is 0 Å². The summed E-state index contributed by atoms with van der Waals surface area (Å²) in [5.74, 6) is -2.15. The lowest BCUT2D eigenvalue weighted by Crippen LogP contribution is -2.30. The standard InChI is InChI=1S/C9H5ClF3NO2/c10-7(15)5-3-1-2-4-6(5)14-8(16)9(11,12)13/h1-4H,(H,14,16). The van der Waals surface area contributed by atoms with Crippen LogP contribution in [0.3, 0.4) is 0 Å². The monoisotopic (exact) mass is 251 g/mol. The van der Waals surface area contributed by atoms with Crippen LogP contribution in [0.2, 0.25) is 0 Å². The SMILES string of the molecule is O=C(Cl)c1ccccc1NC(=O)C(F)(F)F. The molecule has 1 aromatic carbocycles. The lowest BCUT2D eigenvalue weighted by Gasteiger charge is -2.09. The van der Waals surface area contributed by atoms with Crippen molar-refractivity contribution in [2.75, 3.05) is 5.32 Å². The van der Waals surface area contributed by atoms with E-state index in [0.717, 1.165) is 6.07 Å². The van der Waals surface area contributed by atoms with Gasteiger partial charge >= 0.3 is 12.1 Å². The molecule has 3 nitrogen and oxygen atoms in total. The van der Waals surface area contributed by atoms with Gasteiger partial charge in [-0.3, -0.25) is 9.59 Å². The normalized spacial score (nSPS) is 11.0. The number of anilines is 1. The average molecular weight is 252 g/mol. The molecule has 0 aliphatic rings. The minimum Gasteiger partial charge on any atom is -0.318 e. The van der Waals surface area contributed by atoms with Gasteiger partial charge in [-0.15, -0.1) is 0 Å². The van der Waals surface area contributed by atoms with Crippen molar-refractivity contribution >= 4 is 28.4 Å². The summed E-state index contributed by atoms with van der Waals surface area (Å²) in [6, 6.07) is 5.15. The largest absolute Gasteiger partial charge is 0.471 e. The summed E-state index contributed by atoms with van der Waals surface area (Å²) in [6.07, 6.45) is -5.01. The molecule has 0 heterocycles. The van der Waals surface area contributed by atoms with E-state index < -0.39 is 17.3 Å². The third-order valence-electron chi connectivity index (χ3n) is 1.64. The van der Waals surface area contributed by atoms with E-state index in [0.29, 0.717) is 0 Å². The van der Waals surface area contributed by atoms with Gasteiger partial charge in [0.2, 0.25) is 0 Å². The van der Waals surface area contributed by atoms with Crippen molar-refractivity contribution in [1.82, 2.24) is 0 Å². The minimum atomic E-state index is -5.01. The smallest absolute Gasteiger partial charge is 0.318 e. The Balaban J connectivity index is 2.98. The lowest BCUT2D eigenvalue weighted by atomic mass is 10.2.